The molecule has 0 saturated heterocycles. The number of benzene rings is 1. The molecule has 0 spiro atoms. The smallest absolute Gasteiger partial charge is 0.172 e. The fourth-order valence-electron chi connectivity index (χ4n) is 2.15. The summed E-state index contributed by atoms with van der Waals surface area (Å²) in [6.45, 7) is 2.04. The van der Waals surface area contributed by atoms with Gasteiger partial charge in [0.1, 0.15) is 0 Å². The molecule has 0 amide bonds. The fraction of sp³-hybridized carbons (Fsp3) is 0.188. The minimum atomic E-state index is 0.262. The molecule has 3 aromatic rings. The summed E-state index contributed by atoms with van der Waals surface area (Å²) in [4.78, 5) is 14.0. The van der Waals surface area contributed by atoms with Crippen LogP contribution in [0.15, 0.2) is 41.8 Å². The van der Waals surface area contributed by atoms with Crippen LogP contribution in [0, 0.1) is 0 Å². The molecule has 0 aliphatic heterocycles. The van der Waals surface area contributed by atoms with Crippen LogP contribution in [0.1, 0.15) is 29.4 Å². The van der Waals surface area contributed by atoms with Gasteiger partial charge in [-0.3, -0.25) is 4.79 Å². The average molecular weight is 286 g/mol. The summed E-state index contributed by atoms with van der Waals surface area (Å²) in [6, 6.07) is 12.4. The van der Waals surface area contributed by atoms with Crippen LogP contribution in [0.3, 0.4) is 0 Å². The third-order valence-corrected chi connectivity index (χ3v) is 5.23. The summed E-state index contributed by atoms with van der Waals surface area (Å²) in [6.07, 6.45) is 1.55. The van der Waals surface area contributed by atoms with Crippen molar-refractivity contribution in [2.24, 2.45) is 0 Å². The first-order chi connectivity index (χ1) is 9.29. The van der Waals surface area contributed by atoms with E-state index in [0.717, 1.165) is 11.3 Å². The highest BCUT2D eigenvalue weighted by molar-refractivity contribution is 7.20. The van der Waals surface area contributed by atoms with Gasteiger partial charge in [-0.1, -0.05) is 25.1 Å². The molecule has 0 fully saturated rings. The zero-order valence-electron chi connectivity index (χ0n) is 10.7. The standard InChI is InChI=1S/C16H14OS2/c1-2-5-13(17)16-9-8-15(19-16)12-10-18-14-7-4-3-6-11(12)14/h3-4,6-10H,2,5H2,1H3. The van der Waals surface area contributed by atoms with Gasteiger partial charge in [0.2, 0.25) is 0 Å². The van der Waals surface area contributed by atoms with Crippen LogP contribution in [0.4, 0.5) is 0 Å². The van der Waals surface area contributed by atoms with Crippen molar-refractivity contribution in [2.75, 3.05) is 0 Å². The van der Waals surface area contributed by atoms with E-state index in [2.05, 4.69) is 35.7 Å². The number of fused-ring (bicyclic) bond motifs is 1. The van der Waals surface area contributed by atoms with Crippen molar-refractivity contribution in [3.8, 4) is 10.4 Å². The van der Waals surface area contributed by atoms with Crippen molar-refractivity contribution in [3.63, 3.8) is 0 Å². The van der Waals surface area contributed by atoms with E-state index in [9.17, 15) is 4.79 Å². The lowest BCUT2D eigenvalue weighted by Gasteiger charge is -1.95. The molecule has 0 bridgehead atoms. The molecule has 0 aliphatic carbocycles. The van der Waals surface area contributed by atoms with Gasteiger partial charge in [0, 0.05) is 32.3 Å². The normalized spacial score (nSPS) is 11.0. The number of hydrogen-bond acceptors (Lipinski definition) is 3. The number of carbonyl (C=O) groups is 1. The number of rotatable bonds is 4. The third kappa shape index (κ3) is 2.36. The van der Waals surface area contributed by atoms with E-state index >= 15 is 0 Å². The van der Waals surface area contributed by atoms with Gasteiger partial charge in [-0.25, -0.2) is 0 Å². The Balaban J connectivity index is 2.01. The zero-order chi connectivity index (χ0) is 13.2. The van der Waals surface area contributed by atoms with Crippen LogP contribution in [0.5, 0.6) is 0 Å². The van der Waals surface area contributed by atoms with Gasteiger partial charge in [-0.05, 0) is 24.6 Å². The zero-order valence-corrected chi connectivity index (χ0v) is 12.3. The molecule has 1 nitrogen and oxygen atoms in total. The second-order valence-electron chi connectivity index (χ2n) is 4.48. The lowest BCUT2D eigenvalue weighted by Crippen LogP contribution is -1.93. The van der Waals surface area contributed by atoms with E-state index in [4.69, 9.17) is 0 Å². The predicted molar refractivity (Wildman–Crippen MR) is 84.4 cm³/mol. The molecule has 0 N–H and O–H groups in total. The molecule has 2 aromatic heterocycles. The molecular weight excluding hydrogens is 272 g/mol. The summed E-state index contributed by atoms with van der Waals surface area (Å²) in [5.41, 5.74) is 1.25. The molecule has 19 heavy (non-hydrogen) atoms. The lowest BCUT2D eigenvalue weighted by molar-refractivity contribution is 0.0985. The molecule has 96 valence electrons. The van der Waals surface area contributed by atoms with E-state index in [1.807, 2.05) is 13.0 Å². The Kier molecular flexibility index (Phi) is 3.49. The number of Topliss-reactive ketones (excluding diaryl/α,β-unsaturated/α-hetero) is 1. The highest BCUT2D eigenvalue weighted by atomic mass is 32.1. The highest BCUT2D eigenvalue weighted by Crippen LogP contribution is 2.37. The Morgan fingerprint density at radius 1 is 1.16 bits per heavy atom. The van der Waals surface area contributed by atoms with E-state index in [1.54, 1.807) is 22.7 Å². The molecule has 3 heteroatoms. The highest BCUT2D eigenvalue weighted by Gasteiger charge is 2.12. The summed E-state index contributed by atoms with van der Waals surface area (Å²) < 4.78 is 1.30. The number of thiophene rings is 2. The van der Waals surface area contributed by atoms with Crippen LogP contribution >= 0.6 is 22.7 Å². The van der Waals surface area contributed by atoms with Crippen molar-refractivity contribution in [2.45, 2.75) is 19.8 Å². The maximum atomic E-state index is 11.9. The third-order valence-electron chi connectivity index (χ3n) is 3.10. The van der Waals surface area contributed by atoms with Crippen molar-refractivity contribution in [3.05, 3.63) is 46.7 Å². The number of carbonyl (C=O) groups excluding carboxylic acids is 1. The first kappa shape index (κ1) is 12.6. The topological polar surface area (TPSA) is 17.1 Å². The molecular formula is C16H14OS2. The minimum Gasteiger partial charge on any atom is -0.293 e. The Labute approximate surface area is 120 Å². The van der Waals surface area contributed by atoms with Crippen molar-refractivity contribution >= 4 is 38.5 Å². The van der Waals surface area contributed by atoms with Crippen LogP contribution < -0.4 is 0 Å². The van der Waals surface area contributed by atoms with Gasteiger partial charge in [0.05, 0.1) is 4.88 Å². The molecule has 2 heterocycles. The maximum absolute atomic E-state index is 11.9. The van der Waals surface area contributed by atoms with Crippen molar-refractivity contribution in [1.29, 1.82) is 0 Å². The first-order valence-corrected chi connectivity index (χ1v) is 8.09. The molecule has 0 aliphatic rings. The fourth-order valence-corrected chi connectivity index (χ4v) is 4.19. The summed E-state index contributed by atoms with van der Waals surface area (Å²) >= 11 is 3.37. The first-order valence-electron chi connectivity index (χ1n) is 6.39. The minimum absolute atomic E-state index is 0.262. The van der Waals surface area contributed by atoms with E-state index in [0.29, 0.717) is 6.42 Å². The SMILES string of the molecule is CCCC(=O)c1ccc(-c2csc3ccccc23)s1. The van der Waals surface area contributed by atoms with Gasteiger partial charge in [-0.15, -0.1) is 22.7 Å². The molecule has 0 saturated carbocycles. The van der Waals surface area contributed by atoms with E-state index < -0.39 is 0 Å². The van der Waals surface area contributed by atoms with Gasteiger partial charge in [-0.2, -0.15) is 0 Å². The Morgan fingerprint density at radius 3 is 2.84 bits per heavy atom. The van der Waals surface area contributed by atoms with E-state index in [1.165, 1.54) is 20.5 Å². The molecule has 0 atom stereocenters. The van der Waals surface area contributed by atoms with Gasteiger partial charge in [0.15, 0.2) is 5.78 Å². The van der Waals surface area contributed by atoms with Crippen LogP contribution in [0.2, 0.25) is 0 Å². The van der Waals surface area contributed by atoms with Gasteiger partial charge >= 0.3 is 0 Å². The monoisotopic (exact) mass is 286 g/mol. The van der Waals surface area contributed by atoms with Crippen LogP contribution in [-0.2, 0) is 0 Å². The van der Waals surface area contributed by atoms with Gasteiger partial charge < -0.3 is 0 Å². The Morgan fingerprint density at radius 2 is 2.00 bits per heavy atom. The largest absolute Gasteiger partial charge is 0.293 e. The van der Waals surface area contributed by atoms with Crippen LogP contribution in [0.25, 0.3) is 20.5 Å². The Bertz CT molecular complexity index is 721. The van der Waals surface area contributed by atoms with E-state index in [-0.39, 0.29) is 5.78 Å². The average Bonchev–Trinajstić information content (AvgIpc) is 3.05. The van der Waals surface area contributed by atoms with Crippen LogP contribution in [-0.4, -0.2) is 5.78 Å². The summed E-state index contributed by atoms with van der Waals surface area (Å²) in [7, 11) is 0. The lowest BCUT2D eigenvalue weighted by atomic mass is 10.1. The predicted octanol–water partition coefficient (Wildman–Crippen LogP) is 5.61. The number of hydrogen-bond donors (Lipinski definition) is 0. The maximum Gasteiger partial charge on any atom is 0.172 e. The summed E-state index contributed by atoms with van der Waals surface area (Å²) in [5.74, 6) is 0.262. The molecule has 1 aromatic carbocycles. The molecule has 3 rings (SSSR count). The van der Waals surface area contributed by atoms with Gasteiger partial charge in [0.25, 0.3) is 0 Å². The number of ketones is 1. The second-order valence-corrected chi connectivity index (χ2v) is 6.48. The quantitative estimate of drug-likeness (QED) is 0.569. The Hall–Kier alpha value is -1.45. The molecule has 0 radical (unpaired) electrons. The molecule has 0 unspecified atom stereocenters. The van der Waals surface area contributed by atoms with Crippen molar-refractivity contribution in [1.82, 2.24) is 0 Å². The van der Waals surface area contributed by atoms with Crippen molar-refractivity contribution < 1.29 is 4.79 Å². The summed E-state index contributed by atoms with van der Waals surface area (Å²) in [5, 5.41) is 3.47. The second kappa shape index (κ2) is 5.27.